The molecule has 2 atom stereocenters. The first-order chi connectivity index (χ1) is 23.3. The van der Waals surface area contributed by atoms with Crippen molar-refractivity contribution in [1.82, 2.24) is 5.43 Å². The van der Waals surface area contributed by atoms with E-state index in [0.29, 0.717) is 33.8 Å². The third-order valence-electron chi connectivity index (χ3n) is 9.07. The van der Waals surface area contributed by atoms with Gasteiger partial charge in [-0.3, -0.25) is 19.2 Å². The van der Waals surface area contributed by atoms with Crippen LogP contribution in [0.5, 0.6) is 23.0 Å². The summed E-state index contributed by atoms with van der Waals surface area (Å²) in [7, 11) is 3.99. The highest BCUT2D eigenvalue weighted by atomic mass is 16.5. The van der Waals surface area contributed by atoms with Crippen molar-refractivity contribution < 1.29 is 43.9 Å². The second-order valence-electron chi connectivity index (χ2n) is 11.8. The van der Waals surface area contributed by atoms with Gasteiger partial charge in [-0.05, 0) is 19.2 Å². The van der Waals surface area contributed by atoms with Crippen molar-refractivity contribution in [3.05, 3.63) is 49.3 Å². The average molecular weight is 672 g/mol. The maximum atomic E-state index is 14.7. The first-order valence-electron chi connectivity index (χ1n) is 15.3. The average Bonchev–Trinajstić information content (AvgIpc) is 3.17. The third-order valence-corrected chi connectivity index (χ3v) is 9.07. The van der Waals surface area contributed by atoms with Crippen LogP contribution in [0.1, 0.15) is 44.2 Å². The van der Waals surface area contributed by atoms with Crippen LogP contribution in [0, 0.1) is 0 Å². The maximum absolute atomic E-state index is 14.7. The Kier molecular flexibility index (Phi) is 8.07. The number of ether oxygens (including phenoxy) is 3. The predicted molar refractivity (Wildman–Crippen MR) is 184 cm³/mol. The highest BCUT2D eigenvalue weighted by molar-refractivity contribution is 6.40. The van der Waals surface area contributed by atoms with Crippen molar-refractivity contribution in [2.45, 2.75) is 39.2 Å². The minimum absolute atomic E-state index is 0.0610. The molecule has 5 aromatic rings. The molecule has 0 saturated carbocycles. The number of fused-ring (bicyclic) bond motifs is 1. The molecule has 254 valence electrons. The van der Waals surface area contributed by atoms with E-state index in [9.17, 15) is 39.3 Å². The molecule has 0 heterocycles. The van der Waals surface area contributed by atoms with Gasteiger partial charge in [-0.1, -0.05) is 18.6 Å². The fraction of sp³-hybridized carbons (Fsp3) is 0.286. The molecule has 6 rings (SSSR count). The zero-order chi connectivity index (χ0) is 35.6. The Morgan fingerprint density at radius 2 is 1.51 bits per heavy atom. The van der Waals surface area contributed by atoms with Crippen LogP contribution in [0.4, 0.5) is 11.4 Å². The molecule has 49 heavy (non-hydrogen) atoms. The van der Waals surface area contributed by atoms with Crippen molar-refractivity contribution in [3.63, 3.8) is 0 Å². The van der Waals surface area contributed by atoms with Gasteiger partial charge in [0.1, 0.15) is 23.3 Å². The SMILES string of the molecule is CCNNc1c(O)c2c(=O)cc(OC)c3c4c(OC)cc(NC(CC(=O)O)C(=O)O)c5c(=O)c(OC)c6c(c(c1C=C(C)C6C(C)=O)c23)c54. The second-order valence-corrected chi connectivity index (χ2v) is 11.8. The topological polar surface area (TPSA) is 210 Å². The van der Waals surface area contributed by atoms with Gasteiger partial charge in [0.25, 0.3) is 0 Å². The Bertz CT molecular complexity index is 2400. The van der Waals surface area contributed by atoms with Gasteiger partial charge in [-0.2, -0.15) is 0 Å². The highest BCUT2D eigenvalue weighted by Gasteiger charge is 2.37. The number of methoxy groups -OCH3 is 3. The lowest BCUT2D eigenvalue weighted by molar-refractivity contribution is -0.144. The van der Waals surface area contributed by atoms with E-state index in [0.717, 1.165) is 0 Å². The number of carboxylic acid groups (broad SMARTS) is 2. The van der Waals surface area contributed by atoms with Gasteiger partial charge in [0, 0.05) is 56.7 Å². The monoisotopic (exact) mass is 671 g/mol. The van der Waals surface area contributed by atoms with E-state index in [-0.39, 0.29) is 72.7 Å². The summed E-state index contributed by atoms with van der Waals surface area (Å²) in [5.41, 5.74) is 5.90. The number of phenols is 1. The van der Waals surface area contributed by atoms with Crippen molar-refractivity contribution >= 4 is 78.3 Å². The predicted octanol–water partition coefficient (Wildman–Crippen LogP) is 3.99. The summed E-state index contributed by atoms with van der Waals surface area (Å²) >= 11 is 0. The summed E-state index contributed by atoms with van der Waals surface area (Å²) < 4.78 is 17.4. The van der Waals surface area contributed by atoms with Crippen LogP contribution < -0.4 is 41.2 Å². The molecule has 0 radical (unpaired) electrons. The van der Waals surface area contributed by atoms with E-state index in [4.69, 9.17) is 14.2 Å². The van der Waals surface area contributed by atoms with Gasteiger partial charge in [-0.25, -0.2) is 10.2 Å². The molecule has 2 unspecified atom stereocenters. The van der Waals surface area contributed by atoms with Crippen molar-refractivity contribution in [2.24, 2.45) is 0 Å². The van der Waals surface area contributed by atoms with E-state index in [1.807, 2.05) is 6.92 Å². The van der Waals surface area contributed by atoms with Gasteiger partial charge >= 0.3 is 11.9 Å². The fourth-order valence-corrected chi connectivity index (χ4v) is 7.26. The Balaban J connectivity index is 2.05. The summed E-state index contributed by atoms with van der Waals surface area (Å²) in [6, 6.07) is 0.929. The summed E-state index contributed by atoms with van der Waals surface area (Å²) in [6.45, 7) is 5.34. The summed E-state index contributed by atoms with van der Waals surface area (Å²) in [5, 5.41) is 35.6. The van der Waals surface area contributed by atoms with Gasteiger partial charge in [0.15, 0.2) is 16.9 Å². The van der Waals surface area contributed by atoms with E-state index in [1.54, 1.807) is 13.0 Å². The molecule has 1 aliphatic rings. The van der Waals surface area contributed by atoms with Gasteiger partial charge in [0.2, 0.25) is 5.43 Å². The molecule has 6 N–H and O–H groups in total. The largest absolute Gasteiger partial charge is 0.505 e. The lowest BCUT2D eigenvalue weighted by atomic mass is 9.80. The van der Waals surface area contributed by atoms with Crippen LogP contribution in [-0.4, -0.2) is 67.0 Å². The quantitative estimate of drug-likeness (QED) is 0.0480. The molecule has 5 aromatic carbocycles. The number of anilines is 2. The van der Waals surface area contributed by atoms with Crippen LogP contribution in [0.25, 0.3) is 49.2 Å². The number of Topliss-reactive ketones (excluding diaryl/α,β-unsaturated/α-hetero) is 1. The molecular weight excluding hydrogens is 638 g/mol. The number of hydrazine groups is 1. The molecule has 14 heteroatoms. The first-order valence-corrected chi connectivity index (χ1v) is 15.3. The molecule has 0 spiro atoms. The number of carbonyl (C=O) groups excluding carboxylic acids is 1. The molecule has 0 bridgehead atoms. The fourth-order valence-electron chi connectivity index (χ4n) is 7.26. The van der Waals surface area contributed by atoms with E-state index >= 15 is 0 Å². The Labute approximate surface area is 277 Å². The molecule has 0 amide bonds. The summed E-state index contributed by atoms with van der Waals surface area (Å²) in [5.74, 6) is -4.58. The normalized spacial score (nSPS) is 14.7. The van der Waals surface area contributed by atoms with Crippen molar-refractivity contribution in [3.8, 4) is 23.0 Å². The smallest absolute Gasteiger partial charge is 0.326 e. The number of benzene rings is 5. The standard InChI is InChI=1S/C35H33N3O11/c1-7-36-38-31-14-8-12(2)21(13(3)39)30-28-22(14)27-24(32(31)43)17(40)11-19(48-5)26(27)25-18(47-4)9-15(37-16(35(45)46)10-20(41)42)23(29(25)28)33(44)34(30)49-6/h8-9,11,16,21,36-38,43H,7,10H2,1-6H3,(H,41,42)(H,45,46). The number of aliphatic carboxylic acids is 2. The number of nitrogens with one attached hydrogen (secondary N) is 3. The lowest BCUT2D eigenvalue weighted by Gasteiger charge is -2.26. The molecular formula is C35H33N3O11. The van der Waals surface area contributed by atoms with Crippen LogP contribution in [0.2, 0.25) is 0 Å². The Hall–Kier alpha value is -5.89. The van der Waals surface area contributed by atoms with Crippen LogP contribution in [-0.2, 0) is 14.4 Å². The Morgan fingerprint density at radius 1 is 0.878 bits per heavy atom. The van der Waals surface area contributed by atoms with Crippen LogP contribution in [0.15, 0.2) is 27.3 Å². The van der Waals surface area contributed by atoms with Crippen molar-refractivity contribution in [1.29, 1.82) is 0 Å². The number of carboxylic acids is 2. The number of allylic oxidation sites excluding steroid dienone is 1. The number of ketones is 1. The van der Waals surface area contributed by atoms with E-state index in [2.05, 4.69) is 16.2 Å². The minimum atomic E-state index is -1.66. The minimum Gasteiger partial charge on any atom is -0.505 e. The highest BCUT2D eigenvalue weighted by Crippen LogP contribution is 2.56. The van der Waals surface area contributed by atoms with E-state index < -0.39 is 41.2 Å². The molecule has 14 nitrogen and oxygen atoms in total. The summed E-state index contributed by atoms with van der Waals surface area (Å²) in [4.78, 5) is 65.9. The number of hydrogen-bond acceptors (Lipinski definition) is 12. The number of hydrogen-bond donors (Lipinski definition) is 6. The van der Waals surface area contributed by atoms with Gasteiger partial charge in [-0.15, -0.1) is 0 Å². The molecule has 0 fully saturated rings. The molecule has 0 aliphatic heterocycles. The van der Waals surface area contributed by atoms with E-state index in [1.165, 1.54) is 40.4 Å². The summed E-state index contributed by atoms with van der Waals surface area (Å²) in [6.07, 6.45) is 0.888. The molecule has 0 aromatic heterocycles. The third kappa shape index (κ3) is 4.70. The molecule has 1 aliphatic carbocycles. The van der Waals surface area contributed by atoms with Crippen molar-refractivity contribution in [2.75, 3.05) is 38.6 Å². The lowest BCUT2D eigenvalue weighted by Crippen LogP contribution is -2.32. The number of aromatic hydroxyl groups is 1. The van der Waals surface area contributed by atoms with Crippen LogP contribution in [0.3, 0.4) is 0 Å². The van der Waals surface area contributed by atoms with Gasteiger partial charge in [0.05, 0.1) is 55.8 Å². The number of carbonyl (C=O) groups is 3. The number of phenolic OH excluding ortho intramolecular Hbond substituents is 1. The zero-order valence-corrected chi connectivity index (χ0v) is 27.4. The Morgan fingerprint density at radius 3 is 2.06 bits per heavy atom. The molecule has 0 saturated heterocycles. The second kappa shape index (κ2) is 12.0. The van der Waals surface area contributed by atoms with Gasteiger partial charge < -0.3 is 40.3 Å². The maximum Gasteiger partial charge on any atom is 0.326 e. The zero-order valence-electron chi connectivity index (χ0n) is 27.4. The number of rotatable bonds is 12. The first kappa shape index (κ1) is 33.0. The van der Waals surface area contributed by atoms with Crippen LogP contribution >= 0.6 is 0 Å².